The van der Waals surface area contributed by atoms with Gasteiger partial charge in [-0.25, -0.2) is 8.78 Å². The van der Waals surface area contributed by atoms with Crippen molar-refractivity contribution < 1.29 is 18.3 Å². The largest absolute Gasteiger partial charge is 0.488 e. The fraction of sp³-hybridized carbons (Fsp3) is 0.188. The number of carbonyl (C=O) groups is 1. The Morgan fingerprint density at radius 2 is 2.17 bits per heavy atom. The van der Waals surface area contributed by atoms with Gasteiger partial charge in [-0.2, -0.15) is 5.26 Å². The molecule has 1 heterocycles. The Hall–Kier alpha value is -3.01. The van der Waals surface area contributed by atoms with Crippen LogP contribution in [0.3, 0.4) is 0 Å². The van der Waals surface area contributed by atoms with E-state index in [-0.39, 0.29) is 11.4 Å². The number of carbonyl (C=O) groups excluding carboxylic acids is 1. The van der Waals surface area contributed by atoms with Crippen LogP contribution >= 0.6 is 0 Å². The minimum atomic E-state index is -2.60. The molecule has 0 radical (unpaired) electrons. The second-order valence-corrected chi connectivity index (χ2v) is 4.61. The highest BCUT2D eigenvalue weighted by Crippen LogP contribution is 2.18. The summed E-state index contributed by atoms with van der Waals surface area (Å²) in [6.07, 6.45) is -1.29. The number of amides is 1. The minimum absolute atomic E-state index is 0.0571. The molecule has 0 unspecified atom stereocenters. The van der Waals surface area contributed by atoms with Crippen molar-refractivity contribution in [3.05, 3.63) is 53.9 Å². The average molecular weight is 317 g/mol. The molecule has 2 rings (SSSR count). The second kappa shape index (κ2) is 7.31. The first kappa shape index (κ1) is 16.4. The van der Waals surface area contributed by atoms with E-state index in [1.54, 1.807) is 24.3 Å². The fourth-order valence-electron chi connectivity index (χ4n) is 1.85. The van der Waals surface area contributed by atoms with Gasteiger partial charge in [0.25, 0.3) is 12.3 Å². The van der Waals surface area contributed by atoms with Crippen LogP contribution in [0.5, 0.6) is 5.75 Å². The van der Waals surface area contributed by atoms with Crippen molar-refractivity contribution in [1.29, 1.82) is 5.26 Å². The molecular formula is C16H13F2N3O2. The molecule has 118 valence electrons. The standard InChI is InChI=1S/C16H13F2N3O2/c1-21(12-4-2-3-11(7-12)9-19)16(22)14-8-13(5-6-20-14)23-10-15(17)18/h2-8,15H,10H2,1H3. The predicted molar refractivity (Wildman–Crippen MR) is 79.6 cm³/mol. The third-order valence-electron chi connectivity index (χ3n) is 2.99. The number of alkyl halides is 2. The van der Waals surface area contributed by atoms with Gasteiger partial charge in [-0.1, -0.05) is 6.07 Å². The molecule has 0 bridgehead atoms. The smallest absolute Gasteiger partial charge is 0.276 e. The zero-order chi connectivity index (χ0) is 16.8. The maximum absolute atomic E-state index is 12.4. The molecule has 0 fully saturated rings. The second-order valence-electron chi connectivity index (χ2n) is 4.61. The number of ether oxygens (including phenoxy) is 1. The van der Waals surface area contributed by atoms with E-state index in [0.717, 1.165) is 0 Å². The summed E-state index contributed by atoms with van der Waals surface area (Å²) in [5.41, 5.74) is 1.00. The van der Waals surface area contributed by atoms with E-state index in [1.807, 2.05) is 6.07 Å². The van der Waals surface area contributed by atoms with E-state index in [0.29, 0.717) is 11.3 Å². The zero-order valence-corrected chi connectivity index (χ0v) is 12.2. The lowest BCUT2D eigenvalue weighted by Gasteiger charge is -2.17. The Kier molecular flexibility index (Phi) is 5.20. The summed E-state index contributed by atoms with van der Waals surface area (Å²) in [6.45, 7) is -0.752. The van der Waals surface area contributed by atoms with Crippen molar-refractivity contribution >= 4 is 11.6 Å². The van der Waals surface area contributed by atoms with Crippen LogP contribution in [-0.2, 0) is 0 Å². The number of hydrogen-bond donors (Lipinski definition) is 0. The molecule has 0 atom stereocenters. The molecule has 0 saturated heterocycles. The molecule has 23 heavy (non-hydrogen) atoms. The van der Waals surface area contributed by atoms with Gasteiger partial charge < -0.3 is 9.64 Å². The number of nitrogens with zero attached hydrogens (tertiary/aromatic N) is 3. The van der Waals surface area contributed by atoms with Crippen molar-refractivity contribution in [2.24, 2.45) is 0 Å². The zero-order valence-electron chi connectivity index (χ0n) is 12.2. The van der Waals surface area contributed by atoms with Crippen LogP contribution in [0.25, 0.3) is 0 Å². The van der Waals surface area contributed by atoms with Crippen molar-refractivity contribution in [2.75, 3.05) is 18.6 Å². The van der Waals surface area contributed by atoms with Gasteiger partial charge >= 0.3 is 0 Å². The summed E-state index contributed by atoms with van der Waals surface area (Å²) < 4.78 is 29.2. The number of benzene rings is 1. The van der Waals surface area contributed by atoms with E-state index in [9.17, 15) is 13.6 Å². The van der Waals surface area contributed by atoms with Crippen molar-refractivity contribution in [2.45, 2.75) is 6.43 Å². The molecule has 0 N–H and O–H groups in total. The fourth-order valence-corrected chi connectivity index (χ4v) is 1.85. The topological polar surface area (TPSA) is 66.2 Å². The van der Waals surface area contributed by atoms with Crippen molar-refractivity contribution in [3.63, 3.8) is 0 Å². The van der Waals surface area contributed by atoms with Gasteiger partial charge in [-0.15, -0.1) is 0 Å². The summed E-state index contributed by atoms with van der Waals surface area (Å²) >= 11 is 0. The average Bonchev–Trinajstić information content (AvgIpc) is 2.59. The summed E-state index contributed by atoms with van der Waals surface area (Å²) in [6, 6.07) is 11.2. The minimum Gasteiger partial charge on any atom is -0.488 e. The van der Waals surface area contributed by atoms with Crippen LogP contribution in [0.2, 0.25) is 0 Å². The highest BCUT2D eigenvalue weighted by molar-refractivity contribution is 6.04. The third kappa shape index (κ3) is 4.23. The Bertz CT molecular complexity index is 744. The molecular weight excluding hydrogens is 304 g/mol. The van der Waals surface area contributed by atoms with Crippen LogP contribution in [0.15, 0.2) is 42.6 Å². The third-order valence-corrected chi connectivity index (χ3v) is 2.99. The molecule has 2 aromatic rings. The van der Waals surface area contributed by atoms with Crippen LogP contribution in [0, 0.1) is 11.3 Å². The number of pyridine rings is 1. The Morgan fingerprint density at radius 1 is 1.39 bits per heavy atom. The maximum Gasteiger partial charge on any atom is 0.276 e. The van der Waals surface area contributed by atoms with Crippen molar-refractivity contribution in [3.8, 4) is 11.8 Å². The van der Waals surface area contributed by atoms with Crippen molar-refractivity contribution in [1.82, 2.24) is 4.98 Å². The van der Waals surface area contributed by atoms with E-state index < -0.39 is 18.9 Å². The van der Waals surface area contributed by atoms with Gasteiger partial charge in [0.05, 0.1) is 11.6 Å². The first-order valence-corrected chi connectivity index (χ1v) is 6.66. The van der Waals surface area contributed by atoms with E-state index in [4.69, 9.17) is 10.00 Å². The van der Waals surface area contributed by atoms with E-state index in [1.165, 1.54) is 30.3 Å². The summed E-state index contributed by atoms with van der Waals surface area (Å²) in [4.78, 5) is 17.7. The lowest BCUT2D eigenvalue weighted by atomic mass is 10.2. The number of rotatable bonds is 5. The van der Waals surface area contributed by atoms with E-state index in [2.05, 4.69) is 4.98 Å². The Labute approximate surface area is 131 Å². The van der Waals surface area contributed by atoms with Gasteiger partial charge in [-0.3, -0.25) is 9.78 Å². The van der Waals surface area contributed by atoms with Crippen LogP contribution in [-0.4, -0.2) is 31.0 Å². The molecule has 0 saturated carbocycles. The molecule has 0 aliphatic rings. The molecule has 5 nitrogen and oxygen atoms in total. The van der Waals surface area contributed by atoms with Gasteiger partial charge in [-0.05, 0) is 24.3 Å². The van der Waals surface area contributed by atoms with Gasteiger partial charge in [0.1, 0.15) is 18.1 Å². The molecule has 1 amide bonds. The van der Waals surface area contributed by atoms with Crippen LogP contribution in [0.4, 0.5) is 14.5 Å². The van der Waals surface area contributed by atoms with Gasteiger partial charge in [0.2, 0.25) is 0 Å². The lowest BCUT2D eigenvalue weighted by molar-refractivity contribution is 0.0817. The quantitative estimate of drug-likeness (QED) is 0.850. The SMILES string of the molecule is CN(C(=O)c1cc(OCC(F)F)ccn1)c1cccc(C#N)c1. The molecule has 0 aliphatic heterocycles. The first-order valence-electron chi connectivity index (χ1n) is 6.66. The number of nitriles is 1. The normalized spacial score (nSPS) is 10.2. The number of anilines is 1. The van der Waals surface area contributed by atoms with E-state index >= 15 is 0 Å². The summed E-state index contributed by atoms with van der Waals surface area (Å²) in [5.74, 6) is -0.301. The summed E-state index contributed by atoms with van der Waals surface area (Å²) in [5, 5.41) is 8.90. The molecule has 1 aromatic carbocycles. The van der Waals surface area contributed by atoms with Gasteiger partial charge in [0.15, 0.2) is 0 Å². The maximum atomic E-state index is 12.4. The monoisotopic (exact) mass is 317 g/mol. The number of aromatic nitrogens is 1. The van der Waals surface area contributed by atoms with Crippen LogP contribution < -0.4 is 9.64 Å². The highest BCUT2D eigenvalue weighted by Gasteiger charge is 2.16. The molecule has 7 heteroatoms. The predicted octanol–water partition coefficient (Wildman–Crippen LogP) is 2.87. The Balaban J connectivity index is 2.19. The molecule has 0 spiro atoms. The summed E-state index contributed by atoms with van der Waals surface area (Å²) in [7, 11) is 1.53. The Morgan fingerprint density at radius 3 is 2.87 bits per heavy atom. The van der Waals surface area contributed by atoms with Crippen LogP contribution in [0.1, 0.15) is 16.1 Å². The number of halogens is 2. The number of hydrogen-bond acceptors (Lipinski definition) is 4. The highest BCUT2D eigenvalue weighted by atomic mass is 19.3. The molecule has 1 aromatic heterocycles. The van der Waals surface area contributed by atoms with Gasteiger partial charge in [0, 0.05) is 25.0 Å². The lowest BCUT2D eigenvalue weighted by Crippen LogP contribution is -2.27. The first-order chi connectivity index (χ1) is 11.0. The molecule has 0 aliphatic carbocycles.